The molecular weight excluding hydrogens is 389 g/mol. The number of morpholine rings is 1. The molecule has 2 amide bonds. The van der Waals surface area contributed by atoms with Gasteiger partial charge in [0.05, 0.1) is 18.1 Å². The van der Waals surface area contributed by atoms with E-state index in [0.29, 0.717) is 13.2 Å². The van der Waals surface area contributed by atoms with Gasteiger partial charge in [0, 0.05) is 24.2 Å². The normalized spacial score (nSPS) is 15.0. The van der Waals surface area contributed by atoms with Crippen LogP contribution in [0, 0.1) is 5.82 Å². The minimum absolute atomic E-state index is 0.0292. The van der Waals surface area contributed by atoms with Crippen molar-refractivity contribution in [3.8, 4) is 0 Å². The van der Waals surface area contributed by atoms with Crippen LogP contribution in [0.15, 0.2) is 53.4 Å². The minimum atomic E-state index is -3.75. The highest BCUT2D eigenvalue weighted by atomic mass is 32.2. The number of hydrazine groups is 1. The lowest BCUT2D eigenvalue weighted by Gasteiger charge is -2.26. The molecule has 1 fully saturated rings. The van der Waals surface area contributed by atoms with Gasteiger partial charge in [-0.2, -0.15) is 4.31 Å². The lowest BCUT2D eigenvalue weighted by molar-refractivity contribution is 0.0730. The van der Waals surface area contributed by atoms with E-state index in [1.54, 1.807) is 0 Å². The molecule has 0 spiro atoms. The summed E-state index contributed by atoms with van der Waals surface area (Å²) >= 11 is 0. The highest BCUT2D eigenvalue weighted by Gasteiger charge is 2.26. The number of carbonyl (C=O) groups excluding carboxylic acids is 2. The molecule has 1 saturated heterocycles. The quantitative estimate of drug-likeness (QED) is 0.734. The number of ether oxygens (including phenoxy) is 1. The van der Waals surface area contributed by atoms with Gasteiger partial charge in [-0.05, 0) is 36.4 Å². The van der Waals surface area contributed by atoms with Crippen LogP contribution in [0.1, 0.15) is 20.7 Å². The lowest BCUT2D eigenvalue weighted by atomic mass is 10.2. The predicted octanol–water partition coefficient (Wildman–Crippen LogP) is 0.921. The molecule has 2 aromatic rings. The van der Waals surface area contributed by atoms with Crippen molar-refractivity contribution in [2.45, 2.75) is 4.90 Å². The Morgan fingerprint density at radius 1 is 0.929 bits per heavy atom. The van der Waals surface area contributed by atoms with Crippen molar-refractivity contribution in [1.82, 2.24) is 15.2 Å². The first-order valence-electron chi connectivity index (χ1n) is 8.42. The molecule has 28 heavy (non-hydrogen) atoms. The van der Waals surface area contributed by atoms with Gasteiger partial charge in [-0.25, -0.2) is 12.8 Å². The highest BCUT2D eigenvalue weighted by molar-refractivity contribution is 7.89. The topological polar surface area (TPSA) is 105 Å². The average Bonchev–Trinajstić information content (AvgIpc) is 2.72. The molecule has 148 valence electrons. The summed E-state index contributed by atoms with van der Waals surface area (Å²) in [5.41, 5.74) is 4.43. The van der Waals surface area contributed by atoms with E-state index >= 15 is 0 Å². The van der Waals surface area contributed by atoms with Crippen LogP contribution in [0.4, 0.5) is 4.39 Å². The van der Waals surface area contributed by atoms with Gasteiger partial charge in [0.1, 0.15) is 5.82 Å². The van der Waals surface area contributed by atoms with E-state index in [0.717, 1.165) is 6.07 Å². The first-order valence-corrected chi connectivity index (χ1v) is 9.86. The molecule has 1 heterocycles. The van der Waals surface area contributed by atoms with Crippen LogP contribution in [0.3, 0.4) is 0 Å². The summed E-state index contributed by atoms with van der Waals surface area (Å²) in [7, 11) is -3.75. The number of hydrogen-bond donors (Lipinski definition) is 2. The molecule has 0 saturated carbocycles. The van der Waals surface area contributed by atoms with Crippen molar-refractivity contribution in [1.29, 1.82) is 0 Å². The van der Waals surface area contributed by atoms with Crippen LogP contribution >= 0.6 is 0 Å². The third kappa shape index (κ3) is 4.53. The van der Waals surface area contributed by atoms with Gasteiger partial charge in [0.2, 0.25) is 10.0 Å². The molecule has 0 atom stereocenters. The van der Waals surface area contributed by atoms with Gasteiger partial charge in [-0.3, -0.25) is 20.4 Å². The van der Waals surface area contributed by atoms with Gasteiger partial charge in [-0.1, -0.05) is 12.1 Å². The van der Waals surface area contributed by atoms with Crippen molar-refractivity contribution in [3.05, 3.63) is 65.5 Å². The van der Waals surface area contributed by atoms with Crippen LogP contribution in [0.5, 0.6) is 0 Å². The summed E-state index contributed by atoms with van der Waals surface area (Å²) < 4.78 is 45.0. The van der Waals surface area contributed by atoms with E-state index in [4.69, 9.17) is 4.74 Å². The molecule has 3 rings (SSSR count). The number of benzene rings is 2. The number of halogens is 1. The monoisotopic (exact) mass is 407 g/mol. The SMILES string of the molecule is O=C(NNC(=O)c1cccc(S(=O)(=O)N2CCOCC2)c1)c1cccc(F)c1. The Balaban J connectivity index is 1.69. The summed E-state index contributed by atoms with van der Waals surface area (Å²) in [5.74, 6) is -1.99. The molecule has 10 heteroatoms. The molecule has 0 unspecified atom stereocenters. The van der Waals surface area contributed by atoms with Crippen LogP contribution < -0.4 is 10.9 Å². The van der Waals surface area contributed by atoms with Crippen molar-refractivity contribution in [3.63, 3.8) is 0 Å². The number of rotatable bonds is 4. The second-order valence-electron chi connectivity index (χ2n) is 5.96. The van der Waals surface area contributed by atoms with E-state index in [9.17, 15) is 22.4 Å². The second-order valence-corrected chi connectivity index (χ2v) is 7.90. The number of nitrogens with one attached hydrogen (secondary N) is 2. The zero-order valence-electron chi connectivity index (χ0n) is 14.7. The fourth-order valence-corrected chi connectivity index (χ4v) is 4.08. The molecule has 8 nitrogen and oxygen atoms in total. The molecule has 0 radical (unpaired) electrons. The maximum absolute atomic E-state index is 13.2. The van der Waals surface area contributed by atoms with E-state index in [-0.39, 0.29) is 29.1 Å². The Kier molecular flexibility index (Phi) is 6.02. The molecule has 1 aliphatic heterocycles. The van der Waals surface area contributed by atoms with Crippen LogP contribution in [0.2, 0.25) is 0 Å². The van der Waals surface area contributed by atoms with E-state index in [2.05, 4.69) is 10.9 Å². The standard InChI is InChI=1S/C18H18FN3O5S/c19-15-5-1-3-13(11-15)17(23)20-21-18(24)14-4-2-6-16(12-14)28(25,26)22-7-9-27-10-8-22/h1-6,11-12H,7-10H2,(H,20,23)(H,21,24). The highest BCUT2D eigenvalue weighted by Crippen LogP contribution is 2.18. The fraction of sp³-hybridized carbons (Fsp3) is 0.222. The maximum atomic E-state index is 13.2. The predicted molar refractivity (Wildman–Crippen MR) is 97.4 cm³/mol. The summed E-state index contributed by atoms with van der Waals surface area (Å²) in [5, 5.41) is 0. The average molecular weight is 407 g/mol. The lowest BCUT2D eigenvalue weighted by Crippen LogP contribution is -2.42. The third-order valence-corrected chi connectivity index (χ3v) is 5.98. The Hall–Kier alpha value is -2.82. The first-order chi connectivity index (χ1) is 13.4. The number of amides is 2. The molecule has 2 N–H and O–H groups in total. The molecular formula is C18H18FN3O5S. The molecule has 0 aliphatic carbocycles. The van der Waals surface area contributed by atoms with Gasteiger partial charge in [0.25, 0.3) is 11.8 Å². The summed E-state index contributed by atoms with van der Waals surface area (Å²) in [4.78, 5) is 24.2. The first kappa shape index (κ1) is 19.9. The maximum Gasteiger partial charge on any atom is 0.269 e. The number of sulfonamides is 1. The van der Waals surface area contributed by atoms with E-state index in [1.807, 2.05) is 0 Å². The molecule has 0 aromatic heterocycles. The number of hydrogen-bond acceptors (Lipinski definition) is 5. The van der Waals surface area contributed by atoms with Gasteiger partial charge < -0.3 is 4.74 Å². The van der Waals surface area contributed by atoms with Crippen LogP contribution in [-0.2, 0) is 14.8 Å². The van der Waals surface area contributed by atoms with Crippen molar-refractivity contribution in [2.75, 3.05) is 26.3 Å². The van der Waals surface area contributed by atoms with Crippen LogP contribution in [-0.4, -0.2) is 50.8 Å². The molecule has 0 bridgehead atoms. The van der Waals surface area contributed by atoms with Crippen molar-refractivity contribution < 1.29 is 27.1 Å². The number of carbonyl (C=O) groups is 2. The number of nitrogens with zero attached hydrogens (tertiary/aromatic N) is 1. The van der Waals surface area contributed by atoms with Gasteiger partial charge in [0.15, 0.2) is 0 Å². The zero-order valence-corrected chi connectivity index (χ0v) is 15.5. The van der Waals surface area contributed by atoms with Crippen molar-refractivity contribution in [2.24, 2.45) is 0 Å². The fourth-order valence-electron chi connectivity index (χ4n) is 2.62. The second kappa shape index (κ2) is 8.46. The summed E-state index contributed by atoms with van der Waals surface area (Å²) in [6.07, 6.45) is 0. The Morgan fingerprint density at radius 3 is 2.11 bits per heavy atom. The van der Waals surface area contributed by atoms with Gasteiger partial charge in [-0.15, -0.1) is 0 Å². The Morgan fingerprint density at radius 2 is 1.50 bits per heavy atom. The van der Waals surface area contributed by atoms with E-state index in [1.165, 1.54) is 46.8 Å². The van der Waals surface area contributed by atoms with E-state index < -0.39 is 27.7 Å². The largest absolute Gasteiger partial charge is 0.379 e. The third-order valence-electron chi connectivity index (χ3n) is 4.08. The Bertz CT molecular complexity index is 990. The van der Waals surface area contributed by atoms with Gasteiger partial charge >= 0.3 is 0 Å². The summed E-state index contributed by atoms with van der Waals surface area (Å²) in [6, 6.07) is 10.5. The minimum Gasteiger partial charge on any atom is -0.379 e. The smallest absolute Gasteiger partial charge is 0.269 e. The summed E-state index contributed by atoms with van der Waals surface area (Å²) in [6.45, 7) is 1.10. The zero-order chi connectivity index (χ0) is 20.1. The Labute approximate surface area is 161 Å². The molecule has 2 aromatic carbocycles. The van der Waals surface area contributed by atoms with Crippen molar-refractivity contribution >= 4 is 21.8 Å². The van der Waals surface area contributed by atoms with Crippen LogP contribution in [0.25, 0.3) is 0 Å². The molecule has 1 aliphatic rings.